The Morgan fingerprint density at radius 2 is 2.21 bits per heavy atom. The van der Waals surface area contributed by atoms with Gasteiger partial charge in [0, 0.05) is 11.5 Å². The zero-order valence-corrected chi connectivity index (χ0v) is 12.0. The molecule has 1 amide bonds. The lowest BCUT2D eigenvalue weighted by molar-refractivity contribution is 0.102. The smallest absolute Gasteiger partial charge is 0.259 e. The number of nitrogens with one attached hydrogen (secondary N) is 1. The zero-order chi connectivity index (χ0) is 14.2. The second-order valence-electron chi connectivity index (χ2n) is 4.05. The summed E-state index contributed by atoms with van der Waals surface area (Å²) < 4.78 is 15.7. The molecule has 2 aromatic rings. The molecule has 0 aliphatic rings. The van der Waals surface area contributed by atoms with E-state index in [-0.39, 0.29) is 5.56 Å². The highest BCUT2D eigenvalue weighted by atomic mass is 79.9. The molecular formula is C12H12BrFN4O. The number of nitrogens with two attached hydrogens (primary N) is 1. The van der Waals surface area contributed by atoms with E-state index in [1.54, 1.807) is 20.0 Å². The third-order valence-corrected chi connectivity index (χ3v) is 3.17. The molecule has 0 fully saturated rings. The van der Waals surface area contributed by atoms with E-state index in [1.807, 2.05) is 0 Å². The van der Waals surface area contributed by atoms with Crippen LogP contribution in [0.3, 0.4) is 0 Å². The Kier molecular flexibility index (Phi) is 3.57. The molecule has 0 unspecified atom stereocenters. The Balaban J connectivity index is 2.31. The van der Waals surface area contributed by atoms with Crippen LogP contribution in [-0.4, -0.2) is 15.7 Å². The van der Waals surface area contributed by atoms with Crippen LogP contribution >= 0.6 is 15.9 Å². The van der Waals surface area contributed by atoms with Crippen LogP contribution in [0.5, 0.6) is 0 Å². The molecule has 7 heteroatoms. The van der Waals surface area contributed by atoms with Crippen LogP contribution in [0.15, 0.2) is 22.7 Å². The summed E-state index contributed by atoms with van der Waals surface area (Å²) in [5, 5.41) is 6.63. The number of aromatic nitrogens is 2. The summed E-state index contributed by atoms with van der Waals surface area (Å²) >= 11 is 3.13. The summed E-state index contributed by atoms with van der Waals surface area (Å²) in [5.74, 6) is -0.825. The van der Waals surface area contributed by atoms with Gasteiger partial charge in [-0.1, -0.05) is 15.9 Å². The van der Waals surface area contributed by atoms with E-state index >= 15 is 0 Å². The Labute approximate surface area is 117 Å². The number of nitrogen functional groups attached to an aromatic ring is 1. The van der Waals surface area contributed by atoms with Crippen molar-refractivity contribution in [2.24, 2.45) is 7.05 Å². The summed E-state index contributed by atoms with van der Waals surface area (Å²) in [6, 6.07) is 4.22. The van der Waals surface area contributed by atoms with Crippen molar-refractivity contribution in [1.29, 1.82) is 0 Å². The number of hydrogen-bond donors (Lipinski definition) is 2. The standard InChI is InChI=1S/C12H12BrFN4O/c1-6-10(15)11(18(2)17-6)16-12(19)8-4-3-7(13)5-9(8)14/h3-5H,15H2,1-2H3,(H,16,19). The van der Waals surface area contributed by atoms with Crippen molar-refractivity contribution >= 4 is 33.3 Å². The molecule has 1 aromatic heterocycles. The normalized spacial score (nSPS) is 10.5. The molecule has 0 saturated carbocycles. The molecule has 0 spiro atoms. The van der Waals surface area contributed by atoms with Crippen LogP contribution in [0.25, 0.3) is 0 Å². The lowest BCUT2D eigenvalue weighted by atomic mass is 10.2. The summed E-state index contributed by atoms with van der Waals surface area (Å²) in [6.07, 6.45) is 0. The first-order valence-corrected chi connectivity index (χ1v) is 6.25. The second kappa shape index (κ2) is 5.00. The van der Waals surface area contributed by atoms with Crippen LogP contribution in [0, 0.1) is 12.7 Å². The molecule has 1 heterocycles. The highest BCUT2D eigenvalue weighted by molar-refractivity contribution is 9.10. The van der Waals surface area contributed by atoms with Gasteiger partial charge in [-0.05, 0) is 25.1 Å². The molecule has 0 atom stereocenters. The number of nitrogens with zero attached hydrogens (tertiary/aromatic N) is 2. The van der Waals surface area contributed by atoms with Gasteiger partial charge in [-0.15, -0.1) is 0 Å². The fourth-order valence-electron chi connectivity index (χ4n) is 1.67. The maximum atomic E-state index is 13.7. The lowest BCUT2D eigenvalue weighted by Crippen LogP contribution is -2.17. The van der Waals surface area contributed by atoms with E-state index in [1.165, 1.54) is 16.8 Å². The Morgan fingerprint density at radius 3 is 2.74 bits per heavy atom. The molecule has 100 valence electrons. The third kappa shape index (κ3) is 2.60. The van der Waals surface area contributed by atoms with E-state index in [2.05, 4.69) is 26.3 Å². The number of anilines is 2. The van der Waals surface area contributed by atoms with Crippen molar-refractivity contribution < 1.29 is 9.18 Å². The fourth-order valence-corrected chi connectivity index (χ4v) is 2.00. The molecule has 5 nitrogen and oxygen atoms in total. The van der Waals surface area contributed by atoms with Crippen LogP contribution in [0.1, 0.15) is 16.1 Å². The number of benzene rings is 1. The lowest BCUT2D eigenvalue weighted by Gasteiger charge is -2.07. The van der Waals surface area contributed by atoms with Gasteiger partial charge in [0.05, 0.1) is 16.9 Å². The molecular weight excluding hydrogens is 315 g/mol. The first kappa shape index (κ1) is 13.5. The molecule has 0 bridgehead atoms. The number of hydrogen-bond acceptors (Lipinski definition) is 3. The summed E-state index contributed by atoms with van der Waals surface area (Å²) in [7, 11) is 1.65. The molecule has 0 aliphatic carbocycles. The van der Waals surface area contributed by atoms with Gasteiger partial charge in [0.15, 0.2) is 5.82 Å². The van der Waals surface area contributed by atoms with Crippen LogP contribution < -0.4 is 11.1 Å². The highest BCUT2D eigenvalue weighted by Crippen LogP contribution is 2.22. The fraction of sp³-hybridized carbons (Fsp3) is 0.167. The molecule has 0 aliphatic heterocycles. The van der Waals surface area contributed by atoms with Gasteiger partial charge >= 0.3 is 0 Å². The Morgan fingerprint density at radius 1 is 1.53 bits per heavy atom. The molecule has 1 aromatic carbocycles. The SMILES string of the molecule is Cc1nn(C)c(NC(=O)c2ccc(Br)cc2F)c1N. The van der Waals surface area contributed by atoms with Gasteiger partial charge in [-0.25, -0.2) is 4.39 Å². The molecule has 0 radical (unpaired) electrons. The summed E-state index contributed by atoms with van der Waals surface area (Å²) in [6.45, 7) is 1.73. The van der Waals surface area contributed by atoms with Crippen molar-refractivity contribution in [1.82, 2.24) is 9.78 Å². The maximum absolute atomic E-state index is 13.7. The van der Waals surface area contributed by atoms with Crippen molar-refractivity contribution in [3.05, 3.63) is 39.7 Å². The maximum Gasteiger partial charge on any atom is 0.259 e. The number of rotatable bonds is 2. The van der Waals surface area contributed by atoms with Crippen LogP contribution in [0.2, 0.25) is 0 Å². The number of halogens is 2. The minimum atomic E-state index is -0.607. The zero-order valence-electron chi connectivity index (χ0n) is 10.4. The van der Waals surface area contributed by atoms with E-state index in [4.69, 9.17) is 5.73 Å². The first-order chi connectivity index (χ1) is 8.90. The average Bonchev–Trinajstić information content (AvgIpc) is 2.56. The van der Waals surface area contributed by atoms with Crippen molar-refractivity contribution in [3.63, 3.8) is 0 Å². The van der Waals surface area contributed by atoms with Gasteiger partial charge in [-0.2, -0.15) is 5.10 Å². The van der Waals surface area contributed by atoms with E-state index < -0.39 is 11.7 Å². The van der Waals surface area contributed by atoms with Gasteiger partial charge < -0.3 is 11.1 Å². The van der Waals surface area contributed by atoms with Crippen LogP contribution in [-0.2, 0) is 7.05 Å². The van der Waals surface area contributed by atoms with Crippen molar-refractivity contribution in [2.45, 2.75) is 6.92 Å². The van der Waals surface area contributed by atoms with E-state index in [0.717, 1.165) is 0 Å². The first-order valence-electron chi connectivity index (χ1n) is 5.45. The second-order valence-corrected chi connectivity index (χ2v) is 4.97. The Bertz CT molecular complexity index is 653. The number of amides is 1. The summed E-state index contributed by atoms with van der Waals surface area (Å²) in [5.41, 5.74) is 6.71. The van der Waals surface area contributed by atoms with Gasteiger partial charge in [0.25, 0.3) is 5.91 Å². The van der Waals surface area contributed by atoms with Crippen molar-refractivity contribution in [2.75, 3.05) is 11.1 Å². The number of aryl methyl sites for hydroxylation is 2. The van der Waals surface area contributed by atoms with Gasteiger partial charge in [-0.3, -0.25) is 9.48 Å². The molecule has 0 saturated heterocycles. The quantitative estimate of drug-likeness (QED) is 0.890. The molecule has 19 heavy (non-hydrogen) atoms. The van der Waals surface area contributed by atoms with Crippen molar-refractivity contribution in [3.8, 4) is 0 Å². The summed E-state index contributed by atoms with van der Waals surface area (Å²) in [4.78, 5) is 12.0. The Hall–Kier alpha value is -1.89. The predicted octanol–water partition coefficient (Wildman–Crippen LogP) is 2.46. The monoisotopic (exact) mass is 326 g/mol. The molecule has 3 N–H and O–H groups in total. The van der Waals surface area contributed by atoms with Gasteiger partial charge in [0.1, 0.15) is 5.82 Å². The van der Waals surface area contributed by atoms with Crippen LogP contribution in [0.4, 0.5) is 15.9 Å². The van der Waals surface area contributed by atoms with E-state index in [9.17, 15) is 9.18 Å². The largest absolute Gasteiger partial charge is 0.394 e. The number of carbonyl (C=O) groups is 1. The number of carbonyl (C=O) groups excluding carboxylic acids is 1. The molecule has 2 rings (SSSR count). The van der Waals surface area contributed by atoms with E-state index in [0.29, 0.717) is 21.7 Å². The topological polar surface area (TPSA) is 72.9 Å². The predicted molar refractivity (Wildman–Crippen MR) is 74.4 cm³/mol. The highest BCUT2D eigenvalue weighted by Gasteiger charge is 2.17. The minimum absolute atomic E-state index is 0.0542. The third-order valence-electron chi connectivity index (χ3n) is 2.68. The average molecular weight is 327 g/mol. The minimum Gasteiger partial charge on any atom is -0.394 e. The van der Waals surface area contributed by atoms with Gasteiger partial charge in [0.2, 0.25) is 0 Å².